The van der Waals surface area contributed by atoms with Crippen LogP contribution in [0.15, 0.2) is 24.3 Å². The van der Waals surface area contributed by atoms with Gasteiger partial charge in [-0.2, -0.15) is 0 Å². The molecule has 0 radical (unpaired) electrons. The fraction of sp³-hybridized carbons (Fsp3) is 0.667. The Morgan fingerprint density at radius 2 is 1.67 bits per heavy atom. The van der Waals surface area contributed by atoms with Crippen molar-refractivity contribution in [1.29, 1.82) is 0 Å². The molecule has 0 bridgehead atoms. The first-order valence-electron chi connectivity index (χ1n) is 8.09. The molecule has 0 saturated heterocycles. The lowest BCUT2D eigenvalue weighted by molar-refractivity contribution is 0.0617. The standard InChI is InChI=1S/C18H29NO2/c1-18(2,3)21-15-11-9-13(10-12-15)16(19)17(20)14-7-5-4-6-8-14/h9-12,14,16-17,20H,4-8,19H2,1-3H3/t16-,17+/m1/s1. The highest BCUT2D eigenvalue weighted by Gasteiger charge is 2.27. The van der Waals surface area contributed by atoms with Gasteiger partial charge in [0.2, 0.25) is 0 Å². The van der Waals surface area contributed by atoms with E-state index in [9.17, 15) is 5.11 Å². The molecule has 118 valence electrons. The molecule has 1 saturated carbocycles. The lowest BCUT2D eigenvalue weighted by Gasteiger charge is -2.30. The summed E-state index contributed by atoms with van der Waals surface area (Å²) in [6.07, 6.45) is 5.47. The zero-order valence-electron chi connectivity index (χ0n) is 13.5. The average molecular weight is 291 g/mol. The van der Waals surface area contributed by atoms with Crippen molar-refractivity contribution >= 4 is 0 Å². The zero-order valence-corrected chi connectivity index (χ0v) is 13.5. The first kappa shape index (κ1) is 16.3. The highest BCUT2D eigenvalue weighted by Crippen LogP contribution is 2.32. The van der Waals surface area contributed by atoms with Crippen LogP contribution in [-0.4, -0.2) is 16.8 Å². The molecular weight excluding hydrogens is 262 g/mol. The summed E-state index contributed by atoms with van der Waals surface area (Å²) in [5, 5.41) is 10.5. The predicted octanol–water partition coefficient (Wildman–Crippen LogP) is 3.80. The van der Waals surface area contributed by atoms with Gasteiger partial charge < -0.3 is 15.6 Å². The SMILES string of the molecule is CC(C)(C)Oc1ccc([C@@H](N)[C@@H](O)C2CCCCC2)cc1. The van der Waals surface area contributed by atoms with E-state index in [1.165, 1.54) is 19.3 Å². The Morgan fingerprint density at radius 3 is 2.19 bits per heavy atom. The highest BCUT2D eigenvalue weighted by atomic mass is 16.5. The predicted molar refractivity (Wildman–Crippen MR) is 86.3 cm³/mol. The van der Waals surface area contributed by atoms with Gasteiger partial charge in [-0.1, -0.05) is 31.4 Å². The number of rotatable bonds is 4. The maximum absolute atomic E-state index is 10.5. The normalized spacial score (nSPS) is 20.0. The van der Waals surface area contributed by atoms with Gasteiger partial charge in [-0.3, -0.25) is 0 Å². The van der Waals surface area contributed by atoms with Gasteiger partial charge in [0.05, 0.1) is 12.1 Å². The van der Waals surface area contributed by atoms with Crippen LogP contribution in [0, 0.1) is 5.92 Å². The van der Waals surface area contributed by atoms with E-state index in [0.29, 0.717) is 5.92 Å². The van der Waals surface area contributed by atoms with Crippen LogP contribution in [0.2, 0.25) is 0 Å². The van der Waals surface area contributed by atoms with Crippen molar-refractivity contribution in [2.45, 2.75) is 70.6 Å². The van der Waals surface area contributed by atoms with Gasteiger partial charge in [0.25, 0.3) is 0 Å². The first-order valence-corrected chi connectivity index (χ1v) is 8.09. The van der Waals surface area contributed by atoms with Crippen molar-refractivity contribution in [3.63, 3.8) is 0 Å². The minimum atomic E-state index is -0.445. The van der Waals surface area contributed by atoms with E-state index in [-0.39, 0.29) is 11.6 Å². The lowest BCUT2D eigenvalue weighted by Crippen LogP contribution is -2.34. The van der Waals surface area contributed by atoms with E-state index in [1.807, 2.05) is 45.0 Å². The molecule has 1 aromatic rings. The van der Waals surface area contributed by atoms with Crippen LogP contribution >= 0.6 is 0 Å². The fourth-order valence-electron chi connectivity index (χ4n) is 3.08. The van der Waals surface area contributed by atoms with Crippen molar-refractivity contribution in [2.24, 2.45) is 11.7 Å². The van der Waals surface area contributed by atoms with Crippen LogP contribution < -0.4 is 10.5 Å². The molecule has 2 atom stereocenters. The van der Waals surface area contributed by atoms with Crippen molar-refractivity contribution in [2.75, 3.05) is 0 Å². The van der Waals surface area contributed by atoms with Crippen molar-refractivity contribution in [3.05, 3.63) is 29.8 Å². The largest absolute Gasteiger partial charge is 0.488 e. The molecule has 3 heteroatoms. The Bertz CT molecular complexity index is 430. The molecule has 0 unspecified atom stereocenters. The molecule has 1 aromatic carbocycles. The molecule has 1 aliphatic carbocycles. The molecule has 21 heavy (non-hydrogen) atoms. The van der Waals surface area contributed by atoms with Crippen LogP contribution in [0.1, 0.15) is 64.5 Å². The van der Waals surface area contributed by atoms with Crippen molar-refractivity contribution in [3.8, 4) is 5.75 Å². The number of benzene rings is 1. The molecule has 0 amide bonds. The second kappa shape index (κ2) is 6.80. The minimum absolute atomic E-state index is 0.203. The summed E-state index contributed by atoms with van der Waals surface area (Å²) in [7, 11) is 0. The van der Waals surface area contributed by atoms with E-state index in [0.717, 1.165) is 24.2 Å². The van der Waals surface area contributed by atoms with Crippen LogP contribution in [0.5, 0.6) is 5.75 Å². The van der Waals surface area contributed by atoms with E-state index in [2.05, 4.69) is 0 Å². The van der Waals surface area contributed by atoms with Gasteiger partial charge >= 0.3 is 0 Å². The molecule has 0 aliphatic heterocycles. The molecule has 1 fully saturated rings. The number of nitrogens with two attached hydrogens (primary N) is 1. The molecule has 3 nitrogen and oxygen atoms in total. The summed E-state index contributed by atoms with van der Waals surface area (Å²) in [4.78, 5) is 0. The topological polar surface area (TPSA) is 55.5 Å². The highest BCUT2D eigenvalue weighted by molar-refractivity contribution is 5.30. The van der Waals surface area contributed by atoms with Gasteiger partial charge in [0.1, 0.15) is 11.4 Å². The van der Waals surface area contributed by atoms with Gasteiger partial charge in [-0.25, -0.2) is 0 Å². The zero-order chi connectivity index (χ0) is 15.5. The van der Waals surface area contributed by atoms with Crippen LogP contribution in [0.25, 0.3) is 0 Å². The third-order valence-electron chi connectivity index (χ3n) is 4.19. The number of aliphatic hydroxyl groups excluding tert-OH is 1. The Kier molecular flexibility index (Phi) is 5.28. The van der Waals surface area contributed by atoms with Crippen LogP contribution in [-0.2, 0) is 0 Å². The maximum Gasteiger partial charge on any atom is 0.120 e. The quantitative estimate of drug-likeness (QED) is 0.887. The Hall–Kier alpha value is -1.06. The number of hydrogen-bond donors (Lipinski definition) is 2. The number of aliphatic hydroxyl groups is 1. The average Bonchev–Trinajstić information content (AvgIpc) is 2.46. The van der Waals surface area contributed by atoms with Gasteiger partial charge in [0, 0.05) is 0 Å². The molecule has 0 aromatic heterocycles. The second-order valence-corrected chi connectivity index (χ2v) is 7.20. The van der Waals surface area contributed by atoms with Gasteiger partial charge in [-0.15, -0.1) is 0 Å². The van der Waals surface area contributed by atoms with E-state index in [1.54, 1.807) is 0 Å². The van der Waals surface area contributed by atoms with Crippen molar-refractivity contribution < 1.29 is 9.84 Å². The first-order chi connectivity index (χ1) is 9.87. The minimum Gasteiger partial charge on any atom is -0.488 e. The van der Waals surface area contributed by atoms with Gasteiger partial charge in [0.15, 0.2) is 0 Å². The fourth-order valence-corrected chi connectivity index (χ4v) is 3.08. The third kappa shape index (κ3) is 4.72. The molecule has 1 aliphatic rings. The van der Waals surface area contributed by atoms with E-state index >= 15 is 0 Å². The lowest BCUT2D eigenvalue weighted by atomic mass is 9.81. The summed E-state index contributed by atoms with van der Waals surface area (Å²) in [6, 6.07) is 7.51. The Labute approximate surface area is 128 Å². The summed E-state index contributed by atoms with van der Waals surface area (Å²) in [5.41, 5.74) is 7.03. The number of ether oxygens (including phenoxy) is 1. The summed E-state index contributed by atoms with van der Waals surface area (Å²) < 4.78 is 5.81. The van der Waals surface area contributed by atoms with Crippen molar-refractivity contribution in [1.82, 2.24) is 0 Å². The molecule has 2 rings (SSSR count). The molecule has 0 spiro atoms. The molecule has 3 N–H and O–H groups in total. The van der Waals surface area contributed by atoms with Gasteiger partial charge in [-0.05, 0) is 57.2 Å². The second-order valence-electron chi connectivity index (χ2n) is 7.20. The Morgan fingerprint density at radius 1 is 1.10 bits per heavy atom. The van der Waals surface area contributed by atoms with E-state index in [4.69, 9.17) is 10.5 Å². The monoisotopic (exact) mass is 291 g/mol. The smallest absolute Gasteiger partial charge is 0.120 e. The van der Waals surface area contributed by atoms with Crippen LogP contribution in [0.4, 0.5) is 0 Å². The Balaban J connectivity index is 2.00. The summed E-state index contributed by atoms with van der Waals surface area (Å²) in [6.45, 7) is 6.08. The summed E-state index contributed by atoms with van der Waals surface area (Å²) >= 11 is 0. The molecular formula is C18H29NO2. The van der Waals surface area contributed by atoms with Crippen LogP contribution in [0.3, 0.4) is 0 Å². The third-order valence-corrected chi connectivity index (χ3v) is 4.19. The molecule has 0 heterocycles. The number of hydrogen-bond acceptors (Lipinski definition) is 3. The maximum atomic E-state index is 10.5. The van der Waals surface area contributed by atoms with E-state index < -0.39 is 6.10 Å². The summed E-state index contributed by atoms with van der Waals surface area (Å²) in [5.74, 6) is 1.19.